The summed E-state index contributed by atoms with van der Waals surface area (Å²) in [7, 11) is 2.01. The number of carbonyl (C=O) groups excluding carboxylic acids is 1. The fourth-order valence-electron chi connectivity index (χ4n) is 3.18. The minimum atomic E-state index is 0.0518. The third-order valence-electron chi connectivity index (χ3n) is 4.99. The Kier molecular flexibility index (Phi) is 5.03. The number of aromatic nitrogens is 2. The third kappa shape index (κ3) is 3.82. The number of anilines is 1. The number of carbonyl (C=O) groups is 1. The van der Waals surface area contributed by atoms with Gasteiger partial charge < -0.3 is 14.8 Å². The van der Waals surface area contributed by atoms with Crippen molar-refractivity contribution in [2.45, 2.75) is 26.3 Å². The Morgan fingerprint density at radius 1 is 1.32 bits per heavy atom. The molecule has 0 aliphatic carbocycles. The van der Waals surface area contributed by atoms with Crippen LogP contribution in [0.3, 0.4) is 0 Å². The van der Waals surface area contributed by atoms with E-state index in [0.717, 1.165) is 37.4 Å². The van der Waals surface area contributed by atoms with E-state index < -0.39 is 0 Å². The van der Waals surface area contributed by atoms with Gasteiger partial charge in [-0.2, -0.15) is 5.26 Å². The molecule has 0 saturated carbocycles. The number of hydrogen-bond donors (Lipinski definition) is 1. The second-order valence-electron chi connectivity index (χ2n) is 6.52. The Hall–Kier alpha value is -2.81. The zero-order valence-corrected chi connectivity index (χ0v) is 14.7. The van der Waals surface area contributed by atoms with Crippen LogP contribution in [0.5, 0.6) is 0 Å². The van der Waals surface area contributed by atoms with E-state index in [1.54, 1.807) is 12.3 Å². The van der Waals surface area contributed by atoms with Gasteiger partial charge in [0.25, 0.3) is 0 Å². The van der Waals surface area contributed by atoms with Crippen molar-refractivity contribution in [3.8, 4) is 6.07 Å². The zero-order chi connectivity index (χ0) is 17.8. The van der Waals surface area contributed by atoms with E-state index >= 15 is 0 Å². The molecule has 2 aromatic rings. The largest absolute Gasteiger partial charge is 0.357 e. The summed E-state index contributed by atoms with van der Waals surface area (Å²) in [6, 6.07) is 9.84. The molecular formula is C19H23N5O. The Bertz CT molecular complexity index is 779. The van der Waals surface area contributed by atoms with E-state index in [2.05, 4.69) is 44.9 Å². The minimum absolute atomic E-state index is 0.0518. The van der Waals surface area contributed by atoms with Crippen LogP contribution >= 0.6 is 0 Å². The zero-order valence-electron chi connectivity index (χ0n) is 14.7. The van der Waals surface area contributed by atoms with E-state index in [9.17, 15) is 4.79 Å². The summed E-state index contributed by atoms with van der Waals surface area (Å²) in [6.07, 6.45) is 3.23. The van der Waals surface area contributed by atoms with Gasteiger partial charge >= 0.3 is 0 Å². The van der Waals surface area contributed by atoms with Gasteiger partial charge in [-0.15, -0.1) is 0 Å². The summed E-state index contributed by atoms with van der Waals surface area (Å²) >= 11 is 0. The molecule has 1 N–H and O–H groups in total. The average molecular weight is 337 g/mol. The summed E-state index contributed by atoms with van der Waals surface area (Å²) in [5.41, 5.74) is 2.87. The molecule has 25 heavy (non-hydrogen) atoms. The number of nitrogens with one attached hydrogen (secondary N) is 1. The van der Waals surface area contributed by atoms with Crippen LogP contribution in [0.1, 0.15) is 29.8 Å². The molecule has 1 saturated heterocycles. The Morgan fingerprint density at radius 2 is 2.08 bits per heavy atom. The van der Waals surface area contributed by atoms with Crippen molar-refractivity contribution in [3.05, 3.63) is 47.4 Å². The fraction of sp³-hybridized carbons (Fsp3) is 0.421. The highest BCUT2D eigenvalue weighted by Gasteiger charge is 2.25. The lowest BCUT2D eigenvalue weighted by Gasteiger charge is -2.32. The second kappa shape index (κ2) is 7.39. The molecule has 6 nitrogen and oxygen atoms in total. The van der Waals surface area contributed by atoms with Crippen molar-refractivity contribution in [2.75, 3.05) is 18.0 Å². The van der Waals surface area contributed by atoms with Crippen molar-refractivity contribution >= 4 is 11.7 Å². The number of aryl methyl sites for hydroxylation is 1. The number of pyridine rings is 1. The van der Waals surface area contributed by atoms with Crippen LogP contribution in [0.2, 0.25) is 0 Å². The van der Waals surface area contributed by atoms with Crippen LogP contribution in [-0.2, 0) is 18.4 Å². The van der Waals surface area contributed by atoms with Crippen molar-refractivity contribution < 1.29 is 4.79 Å². The predicted octanol–water partition coefficient (Wildman–Crippen LogP) is 2.13. The first-order chi connectivity index (χ1) is 12.1. The monoisotopic (exact) mass is 337 g/mol. The maximum absolute atomic E-state index is 12.4. The predicted molar refractivity (Wildman–Crippen MR) is 95.9 cm³/mol. The molecule has 0 spiro atoms. The molecule has 2 aromatic heterocycles. The quantitative estimate of drug-likeness (QED) is 0.927. The Morgan fingerprint density at radius 3 is 2.64 bits per heavy atom. The van der Waals surface area contributed by atoms with Gasteiger partial charge in [-0.3, -0.25) is 4.79 Å². The topological polar surface area (TPSA) is 74.0 Å². The Labute approximate surface area is 148 Å². The highest BCUT2D eigenvalue weighted by Crippen LogP contribution is 2.22. The molecule has 0 aromatic carbocycles. The van der Waals surface area contributed by atoms with Crippen LogP contribution in [0, 0.1) is 24.2 Å². The van der Waals surface area contributed by atoms with E-state index in [1.807, 2.05) is 13.1 Å². The van der Waals surface area contributed by atoms with E-state index in [0.29, 0.717) is 12.1 Å². The van der Waals surface area contributed by atoms with Gasteiger partial charge in [0.15, 0.2) is 0 Å². The summed E-state index contributed by atoms with van der Waals surface area (Å²) in [5, 5.41) is 11.9. The standard InChI is InChI=1S/C19H23N5O/c1-14-3-5-17(23(14)2)13-22-19(25)16-7-9-24(10-8-16)18-6-4-15(11-20)12-21-18/h3-6,12,16H,7-10,13H2,1-2H3,(H,22,25). The van der Waals surface area contributed by atoms with Gasteiger partial charge in [0.1, 0.15) is 11.9 Å². The van der Waals surface area contributed by atoms with Crippen molar-refractivity contribution in [3.63, 3.8) is 0 Å². The molecule has 0 unspecified atom stereocenters. The van der Waals surface area contributed by atoms with Crippen LogP contribution in [-0.4, -0.2) is 28.5 Å². The third-order valence-corrected chi connectivity index (χ3v) is 4.99. The number of rotatable bonds is 4. The summed E-state index contributed by atoms with van der Waals surface area (Å²) in [4.78, 5) is 18.9. The summed E-state index contributed by atoms with van der Waals surface area (Å²) in [6.45, 7) is 4.24. The molecule has 1 fully saturated rings. The fourth-order valence-corrected chi connectivity index (χ4v) is 3.18. The first kappa shape index (κ1) is 17.0. The molecule has 0 bridgehead atoms. The average Bonchev–Trinajstić information content (AvgIpc) is 2.98. The maximum atomic E-state index is 12.4. The SMILES string of the molecule is Cc1ccc(CNC(=O)C2CCN(c3ccc(C#N)cn3)CC2)n1C. The van der Waals surface area contributed by atoms with Gasteiger partial charge in [-0.25, -0.2) is 4.98 Å². The highest BCUT2D eigenvalue weighted by molar-refractivity contribution is 5.78. The van der Waals surface area contributed by atoms with Gasteiger partial charge in [-0.1, -0.05) is 0 Å². The van der Waals surface area contributed by atoms with Crippen LogP contribution < -0.4 is 10.2 Å². The van der Waals surface area contributed by atoms with Gasteiger partial charge in [0, 0.05) is 43.6 Å². The lowest BCUT2D eigenvalue weighted by Crippen LogP contribution is -2.40. The number of nitrogens with zero attached hydrogens (tertiary/aromatic N) is 4. The molecule has 3 heterocycles. The molecule has 1 aliphatic heterocycles. The molecule has 130 valence electrons. The smallest absolute Gasteiger partial charge is 0.223 e. The molecule has 1 amide bonds. The van der Waals surface area contributed by atoms with Gasteiger partial charge in [0.2, 0.25) is 5.91 Å². The normalized spacial score (nSPS) is 15.0. The number of amides is 1. The number of hydrogen-bond acceptors (Lipinski definition) is 4. The van der Waals surface area contributed by atoms with Crippen LogP contribution in [0.15, 0.2) is 30.5 Å². The molecule has 3 rings (SSSR count). The molecule has 1 aliphatic rings. The molecule has 0 radical (unpaired) electrons. The van der Waals surface area contributed by atoms with Crippen LogP contribution in [0.4, 0.5) is 5.82 Å². The lowest BCUT2D eigenvalue weighted by atomic mass is 9.96. The molecular weight excluding hydrogens is 314 g/mol. The molecule has 0 atom stereocenters. The number of nitriles is 1. The molecule has 6 heteroatoms. The lowest BCUT2D eigenvalue weighted by molar-refractivity contribution is -0.125. The van der Waals surface area contributed by atoms with Crippen molar-refractivity contribution in [1.82, 2.24) is 14.9 Å². The Balaban J connectivity index is 1.50. The van der Waals surface area contributed by atoms with E-state index in [-0.39, 0.29) is 11.8 Å². The second-order valence-corrected chi connectivity index (χ2v) is 6.52. The number of piperidine rings is 1. The van der Waals surface area contributed by atoms with E-state index in [4.69, 9.17) is 5.26 Å². The van der Waals surface area contributed by atoms with Crippen LogP contribution in [0.25, 0.3) is 0 Å². The van der Waals surface area contributed by atoms with Gasteiger partial charge in [-0.05, 0) is 44.0 Å². The summed E-state index contributed by atoms with van der Waals surface area (Å²) in [5.74, 6) is 1.06. The maximum Gasteiger partial charge on any atom is 0.223 e. The summed E-state index contributed by atoms with van der Waals surface area (Å²) < 4.78 is 2.10. The highest BCUT2D eigenvalue weighted by atomic mass is 16.1. The first-order valence-electron chi connectivity index (χ1n) is 8.58. The minimum Gasteiger partial charge on any atom is -0.357 e. The van der Waals surface area contributed by atoms with Crippen molar-refractivity contribution in [2.24, 2.45) is 13.0 Å². The first-order valence-corrected chi connectivity index (χ1v) is 8.58. The van der Waals surface area contributed by atoms with Gasteiger partial charge in [0.05, 0.1) is 12.1 Å². The van der Waals surface area contributed by atoms with E-state index in [1.165, 1.54) is 5.69 Å². The van der Waals surface area contributed by atoms with Crippen molar-refractivity contribution in [1.29, 1.82) is 5.26 Å².